The van der Waals surface area contributed by atoms with Gasteiger partial charge in [0.25, 0.3) is 0 Å². The highest BCUT2D eigenvalue weighted by molar-refractivity contribution is 6.02. The summed E-state index contributed by atoms with van der Waals surface area (Å²) in [5, 5.41) is 0. The van der Waals surface area contributed by atoms with Crippen LogP contribution < -0.4 is 0 Å². The van der Waals surface area contributed by atoms with Crippen molar-refractivity contribution in [2.75, 3.05) is 7.11 Å². The Morgan fingerprint density at radius 2 is 2.14 bits per heavy atom. The van der Waals surface area contributed by atoms with Crippen molar-refractivity contribution in [1.29, 1.82) is 0 Å². The highest BCUT2D eigenvalue weighted by atomic mass is 16.5. The van der Waals surface area contributed by atoms with Crippen LogP contribution in [0.5, 0.6) is 0 Å². The lowest BCUT2D eigenvalue weighted by atomic mass is 9.95. The van der Waals surface area contributed by atoms with E-state index < -0.39 is 5.60 Å². The Balaban J connectivity index is 3.07. The Hall–Kier alpha value is -1.22. The SMILES string of the molecule is COC(C)(C)C(=O)c1cnccc1C. The number of hydrogen-bond acceptors (Lipinski definition) is 3. The summed E-state index contributed by atoms with van der Waals surface area (Å²) in [6.45, 7) is 5.39. The van der Waals surface area contributed by atoms with Crippen molar-refractivity contribution < 1.29 is 9.53 Å². The Morgan fingerprint density at radius 3 is 2.64 bits per heavy atom. The summed E-state index contributed by atoms with van der Waals surface area (Å²) in [4.78, 5) is 15.9. The molecule has 0 bridgehead atoms. The molecule has 0 saturated heterocycles. The number of methoxy groups -OCH3 is 1. The Labute approximate surface area is 84.1 Å². The fourth-order valence-corrected chi connectivity index (χ4v) is 1.12. The second-order valence-electron chi connectivity index (χ2n) is 3.73. The lowest BCUT2D eigenvalue weighted by Gasteiger charge is -2.21. The number of rotatable bonds is 3. The van der Waals surface area contributed by atoms with Crippen LogP contribution in [0.1, 0.15) is 29.8 Å². The molecule has 0 atom stereocenters. The van der Waals surface area contributed by atoms with Crippen molar-refractivity contribution in [3.05, 3.63) is 29.6 Å². The van der Waals surface area contributed by atoms with Crippen LogP contribution in [0.3, 0.4) is 0 Å². The summed E-state index contributed by atoms with van der Waals surface area (Å²) in [5.74, 6) is -0.0365. The molecule has 0 aliphatic heterocycles. The number of aryl methyl sites for hydroxylation is 1. The molecule has 0 fully saturated rings. The third-order valence-electron chi connectivity index (χ3n) is 2.34. The fourth-order valence-electron chi connectivity index (χ4n) is 1.12. The second kappa shape index (κ2) is 3.88. The van der Waals surface area contributed by atoms with Gasteiger partial charge in [0.1, 0.15) is 5.60 Å². The van der Waals surface area contributed by atoms with Gasteiger partial charge in [-0.2, -0.15) is 0 Å². The largest absolute Gasteiger partial charge is 0.371 e. The molecular formula is C11H15NO2. The minimum absolute atomic E-state index is 0.0365. The molecule has 0 aliphatic rings. The molecule has 1 heterocycles. The fraction of sp³-hybridized carbons (Fsp3) is 0.455. The third kappa shape index (κ3) is 1.99. The van der Waals surface area contributed by atoms with E-state index in [0.29, 0.717) is 5.56 Å². The van der Waals surface area contributed by atoms with Crippen LogP contribution in [-0.2, 0) is 4.74 Å². The topological polar surface area (TPSA) is 39.2 Å². The Morgan fingerprint density at radius 1 is 1.50 bits per heavy atom. The normalized spacial score (nSPS) is 11.4. The summed E-state index contributed by atoms with van der Waals surface area (Å²) in [6, 6.07) is 1.82. The van der Waals surface area contributed by atoms with Gasteiger partial charge in [-0.3, -0.25) is 9.78 Å². The van der Waals surface area contributed by atoms with Gasteiger partial charge in [0.15, 0.2) is 5.78 Å². The lowest BCUT2D eigenvalue weighted by Crippen LogP contribution is -2.34. The van der Waals surface area contributed by atoms with E-state index in [1.807, 2.05) is 13.0 Å². The van der Waals surface area contributed by atoms with Crippen molar-refractivity contribution >= 4 is 5.78 Å². The van der Waals surface area contributed by atoms with Gasteiger partial charge in [-0.1, -0.05) is 0 Å². The number of aromatic nitrogens is 1. The molecule has 0 unspecified atom stereocenters. The first kappa shape index (κ1) is 10.9. The van der Waals surface area contributed by atoms with Gasteiger partial charge in [-0.15, -0.1) is 0 Å². The molecule has 0 aromatic carbocycles. The van der Waals surface area contributed by atoms with E-state index in [1.54, 1.807) is 26.2 Å². The van der Waals surface area contributed by atoms with Gasteiger partial charge in [-0.25, -0.2) is 0 Å². The monoisotopic (exact) mass is 193 g/mol. The lowest BCUT2D eigenvalue weighted by molar-refractivity contribution is 0.0227. The number of nitrogens with zero attached hydrogens (tertiary/aromatic N) is 1. The highest BCUT2D eigenvalue weighted by Crippen LogP contribution is 2.17. The van der Waals surface area contributed by atoms with Crippen molar-refractivity contribution in [1.82, 2.24) is 4.98 Å². The van der Waals surface area contributed by atoms with Crippen molar-refractivity contribution in [3.63, 3.8) is 0 Å². The van der Waals surface area contributed by atoms with Crippen molar-refractivity contribution in [2.24, 2.45) is 0 Å². The molecule has 14 heavy (non-hydrogen) atoms. The molecule has 3 nitrogen and oxygen atoms in total. The molecule has 1 rings (SSSR count). The average molecular weight is 193 g/mol. The maximum Gasteiger partial charge on any atom is 0.195 e. The van der Waals surface area contributed by atoms with Crippen LogP contribution in [0, 0.1) is 6.92 Å². The molecule has 76 valence electrons. The summed E-state index contributed by atoms with van der Waals surface area (Å²) < 4.78 is 5.13. The van der Waals surface area contributed by atoms with Crippen LogP contribution in [0.2, 0.25) is 0 Å². The molecule has 0 spiro atoms. The predicted molar refractivity (Wildman–Crippen MR) is 54.4 cm³/mol. The van der Waals surface area contributed by atoms with Crippen LogP contribution in [0.15, 0.2) is 18.5 Å². The van der Waals surface area contributed by atoms with Gasteiger partial charge < -0.3 is 4.74 Å². The highest BCUT2D eigenvalue weighted by Gasteiger charge is 2.29. The molecule has 3 heteroatoms. The van der Waals surface area contributed by atoms with Gasteiger partial charge in [0.2, 0.25) is 0 Å². The minimum atomic E-state index is -0.784. The van der Waals surface area contributed by atoms with Crippen molar-refractivity contribution in [3.8, 4) is 0 Å². The number of hydrogen-bond donors (Lipinski definition) is 0. The van der Waals surface area contributed by atoms with E-state index in [0.717, 1.165) is 5.56 Å². The molecule has 0 amide bonds. The first-order chi connectivity index (χ1) is 6.49. The van der Waals surface area contributed by atoms with Gasteiger partial charge in [0, 0.05) is 25.1 Å². The number of carbonyl (C=O) groups excluding carboxylic acids is 1. The first-order valence-electron chi connectivity index (χ1n) is 4.49. The zero-order chi connectivity index (χ0) is 10.8. The van der Waals surface area contributed by atoms with Gasteiger partial charge in [0.05, 0.1) is 0 Å². The van der Waals surface area contributed by atoms with E-state index in [1.165, 1.54) is 7.11 Å². The molecule has 1 aromatic rings. The number of ether oxygens (including phenoxy) is 1. The molecule has 0 saturated carbocycles. The average Bonchev–Trinajstić information content (AvgIpc) is 2.17. The summed E-state index contributed by atoms with van der Waals surface area (Å²) in [7, 11) is 1.53. The van der Waals surface area contributed by atoms with Crippen LogP contribution in [-0.4, -0.2) is 23.5 Å². The van der Waals surface area contributed by atoms with Crippen LogP contribution >= 0.6 is 0 Å². The number of Topliss-reactive ketones (excluding diaryl/α,β-unsaturated/α-hetero) is 1. The standard InChI is InChI=1S/C11H15NO2/c1-8-5-6-12-7-9(8)10(13)11(2,3)14-4/h5-7H,1-4H3. The maximum absolute atomic E-state index is 12.0. The molecule has 0 aliphatic carbocycles. The zero-order valence-electron chi connectivity index (χ0n) is 9.00. The zero-order valence-corrected chi connectivity index (χ0v) is 9.00. The third-order valence-corrected chi connectivity index (χ3v) is 2.34. The maximum atomic E-state index is 12.0. The van der Waals surface area contributed by atoms with Crippen molar-refractivity contribution in [2.45, 2.75) is 26.4 Å². The Bertz CT molecular complexity index is 345. The van der Waals surface area contributed by atoms with E-state index in [-0.39, 0.29) is 5.78 Å². The summed E-state index contributed by atoms with van der Waals surface area (Å²) in [6.07, 6.45) is 3.25. The quantitative estimate of drug-likeness (QED) is 0.689. The minimum Gasteiger partial charge on any atom is -0.371 e. The number of ketones is 1. The first-order valence-corrected chi connectivity index (χ1v) is 4.49. The van der Waals surface area contributed by atoms with Gasteiger partial charge in [-0.05, 0) is 32.4 Å². The molecule has 0 N–H and O–H groups in total. The summed E-state index contributed by atoms with van der Waals surface area (Å²) >= 11 is 0. The summed E-state index contributed by atoms with van der Waals surface area (Å²) in [5.41, 5.74) is 0.767. The number of pyridine rings is 1. The van der Waals surface area contributed by atoms with Gasteiger partial charge >= 0.3 is 0 Å². The van der Waals surface area contributed by atoms with E-state index in [4.69, 9.17) is 4.74 Å². The van der Waals surface area contributed by atoms with E-state index in [2.05, 4.69) is 4.98 Å². The van der Waals surface area contributed by atoms with E-state index in [9.17, 15) is 4.79 Å². The Kier molecular flexibility index (Phi) is 3.01. The second-order valence-corrected chi connectivity index (χ2v) is 3.73. The van der Waals surface area contributed by atoms with Crippen LogP contribution in [0.25, 0.3) is 0 Å². The predicted octanol–water partition coefficient (Wildman–Crippen LogP) is 2.00. The van der Waals surface area contributed by atoms with E-state index >= 15 is 0 Å². The smallest absolute Gasteiger partial charge is 0.195 e. The molecule has 1 aromatic heterocycles. The molecular weight excluding hydrogens is 178 g/mol. The molecule has 0 radical (unpaired) electrons. The number of carbonyl (C=O) groups is 1. The van der Waals surface area contributed by atoms with Crippen LogP contribution in [0.4, 0.5) is 0 Å².